The topological polar surface area (TPSA) is 61.4 Å². The number of nitrogens with zero attached hydrogens (tertiary/aromatic N) is 1. The fourth-order valence-corrected chi connectivity index (χ4v) is 4.75. The molecule has 2 aliphatic rings. The van der Waals surface area contributed by atoms with Crippen LogP contribution in [-0.4, -0.2) is 44.9 Å². The lowest BCUT2D eigenvalue weighted by Crippen LogP contribution is -2.48. The lowest BCUT2D eigenvalue weighted by molar-refractivity contribution is 0.253. The SMILES string of the molecule is CC(C)NCC1CCCN(S(=O)(=O)NCC2CCCC2)C1. The summed E-state index contributed by atoms with van der Waals surface area (Å²) in [6.45, 7) is 7.10. The Morgan fingerprint density at radius 2 is 1.71 bits per heavy atom. The van der Waals surface area contributed by atoms with Crippen LogP contribution in [-0.2, 0) is 10.2 Å². The minimum absolute atomic E-state index is 0.434. The average molecular weight is 317 g/mol. The van der Waals surface area contributed by atoms with Crippen LogP contribution in [0.3, 0.4) is 0 Å². The maximum absolute atomic E-state index is 12.4. The van der Waals surface area contributed by atoms with E-state index in [-0.39, 0.29) is 0 Å². The average Bonchev–Trinajstić information content (AvgIpc) is 2.97. The smallest absolute Gasteiger partial charge is 0.279 e. The molecular weight excluding hydrogens is 286 g/mol. The highest BCUT2D eigenvalue weighted by atomic mass is 32.2. The van der Waals surface area contributed by atoms with Crippen molar-refractivity contribution in [2.75, 3.05) is 26.2 Å². The van der Waals surface area contributed by atoms with Crippen LogP contribution in [0.4, 0.5) is 0 Å². The Bertz CT molecular complexity index is 405. The minimum Gasteiger partial charge on any atom is -0.314 e. The third-order valence-electron chi connectivity index (χ3n) is 4.67. The first-order valence-electron chi connectivity index (χ1n) is 8.45. The van der Waals surface area contributed by atoms with Gasteiger partial charge in [0.2, 0.25) is 0 Å². The molecule has 1 atom stereocenters. The second-order valence-corrected chi connectivity index (χ2v) is 8.69. The van der Waals surface area contributed by atoms with Gasteiger partial charge in [-0.05, 0) is 44.1 Å². The van der Waals surface area contributed by atoms with Gasteiger partial charge in [-0.1, -0.05) is 26.7 Å². The summed E-state index contributed by atoms with van der Waals surface area (Å²) in [6.07, 6.45) is 6.92. The van der Waals surface area contributed by atoms with Gasteiger partial charge in [0.25, 0.3) is 10.2 Å². The Morgan fingerprint density at radius 1 is 1.05 bits per heavy atom. The third-order valence-corrected chi connectivity index (χ3v) is 6.21. The largest absolute Gasteiger partial charge is 0.314 e. The predicted molar refractivity (Wildman–Crippen MR) is 86.3 cm³/mol. The maximum Gasteiger partial charge on any atom is 0.279 e. The number of rotatable bonds is 7. The minimum atomic E-state index is -3.29. The summed E-state index contributed by atoms with van der Waals surface area (Å²) in [5.74, 6) is 0.979. The second kappa shape index (κ2) is 7.90. The van der Waals surface area contributed by atoms with Crippen molar-refractivity contribution in [1.29, 1.82) is 0 Å². The molecular formula is C15H31N3O2S. The molecule has 5 nitrogen and oxygen atoms in total. The summed E-state index contributed by atoms with van der Waals surface area (Å²) >= 11 is 0. The van der Waals surface area contributed by atoms with Crippen LogP contribution in [0, 0.1) is 11.8 Å². The Labute approximate surface area is 130 Å². The van der Waals surface area contributed by atoms with E-state index < -0.39 is 10.2 Å². The first-order valence-corrected chi connectivity index (χ1v) is 9.89. The summed E-state index contributed by atoms with van der Waals surface area (Å²) in [6, 6.07) is 0.456. The van der Waals surface area contributed by atoms with Crippen molar-refractivity contribution in [2.24, 2.45) is 11.8 Å². The van der Waals surface area contributed by atoms with Crippen LogP contribution < -0.4 is 10.0 Å². The highest BCUT2D eigenvalue weighted by molar-refractivity contribution is 7.87. The lowest BCUT2D eigenvalue weighted by atomic mass is 9.99. The molecule has 0 aromatic carbocycles. The third kappa shape index (κ3) is 5.51. The molecule has 0 bridgehead atoms. The standard InChI is InChI=1S/C15H31N3O2S/c1-13(2)16-10-15-8-5-9-18(12-15)21(19,20)17-11-14-6-3-4-7-14/h13-17H,3-12H2,1-2H3. The number of piperidine rings is 1. The van der Waals surface area contributed by atoms with Crippen LogP contribution in [0.5, 0.6) is 0 Å². The number of nitrogens with one attached hydrogen (secondary N) is 2. The van der Waals surface area contributed by atoms with Crippen LogP contribution in [0.2, 0.25) is 0 Å². The summed E-state index contributed by atoms with van der Waals surface area (Å²) in [5.41, 5.74) is 0. The first-order chi connectivity index (χ1) is 9.97. The van der Waals surface area contributed by atoms with Crippen molar-refractivity contribution < 1.29 is 8.42 Å². The van der Waals surface area contributed by atoms with Gasteiger partial charge in [-0.15, -0.1) is 0 Å². The van der Waals surface area contributed by atoms with Gasteiger partial charge in [0.05, 0.1) is 0 Å². The molecule has 1 aliphatic heterocycles. The molecule has 1 unspecified atom stereocenters. The molecule has 2 fully saturated rings. The lowest BCUT2D eigenvalue weighted by Gasteiger charge is -2.32. The summed E-state index contributed by atoms with van der Waals surface area (Å²) in [7, 11) is -3.29. The maximum atomic E-state index is 12.4. The van der Waals surface area contributed by atoms with Gasteiger partial charge in [0, 0.05) is 25.7 Å². The Hall–Kier alpha value is -0.170. The van der Waals surface area contributed by atoms with E-state index in [2.05, 4.69) is 23.9 Å². The summed E-state index contributed by atoms with van der Waals surface area (Å²) in [4.78, 5) is 0. The zero-order valence-corrected chi connectivity index (χ0v) is 14.3. The van der Waals surface area contributed by atoms with Gasteiger partial charge in [-0.25, -0.2) is 4.72 Å². The highest BCUT2D eigenvalue weighted by Gasteiger charge is 2.29. The van der Waals surface area contributed by atoms with E-state index in [4.69, 9.17) is 0 Å². The highest BCUT2D eigenvalue weighted by Crippen LogP contribution is 2.24. The quantitative estimate of drug-likeness (QED) is 0.751. The first kappa shape index (κ1) is 17.2. The van der Waals surface area contributed by atoms with Crippen molar-refractivity contribution in [3.8, 4) is 0 Å². The van der Waals surface area contributed by atoms with Crippen LogP contribution in [0.25, 0.3) is 0 Å². The molecule has 124 valence electrons. The van der Waals surface area contributed by atoms with E-state index in [0.717, 1.165) is 19.4 Å². The molecule has 0 aromatic rings. The van der Waals surface area contributed by atoms with Gasteiger partial charge < -0.3 is 5.32 Å². The molecule has 0 radical (unpaired) electrons. The van der Waals surface area contributed by atoms with Crippen molar-refractivity contribution in [1.82, 2.24) is 14.3 Å². The molecule has 1 heterocycles. The van der Waals surface area contributed by atoms with Gasteiger partial charge in [-0.3, -0.25) is 0 Å². The zero-order chi connectivity index (χ0) is 15.3. The van der Waals surface area contributed by atoms with Gasteiger partial charge in [0.15, 0.2) is 0 Å². The predicted octanol–water partition coefficient (Wildman–Crippen LogP) is 1.72. The molecule has 2 N–H and O–H groups in total. The number of hydrogen-bond donors (Lipinski definition) is 2. The molecule has 21 heavy (non-hydrogen) atoms. The summed E-state index contributed by atoms with van der Waals surface area (Å²) < 4.78 is 29.3. The van der Waals surface area contributed by atoms with Crippen molar-refractivity contribution >= 4 is 10.2 Å². The Balaban J connectivity index is 1.80. The number of hydrogen-bond acceptors (Lipinski definition) is 3. The van der Waals surface area contributed by atoms with E-state index in [0.29, 0.717) is 37.5 Å². The van der Waals surface area contributed by atoms with E-state index in [1.54, 1.807) is 4.31 Å². The fourth-order valence-electron chi connectivity index (χ4n) is 3.34. The molecule has 1 saturated carbocycles. The molecule has 0 spiro atoms. The molecule has 1 saturated heterocycles. The molecule has 0 aromatic heterocycles. The molecule has 0 amide bonds. The van der Waals surface area contributed by atoms with Crippen molar-refractivity contribution in [2.45, 2.75) is 58.4 Å². The molecule has 2 rings (SSSR count). The van der Waals surface area contributed by atoms with Crippen LogP contribution >= 0.6 is 0 Å². The zero-order valence-electron chi connectivity index (χ0n) is 13.5. The fraction of sp³-hybridized carbons (Fsp3) is 1.00. The van der Waals surface area contributed by atoms with E-state index in [9.17, 15) is 8.42 Å². The second-order valence-electron chi connectivity index (χ2n) is 6.93. The Morgan fingerprint density at radius 3 is 2.38 bits per heavy atom. The molecule has 1 aliphatic carbocycles. The molecule has 6 heteroatoms. The Kier molecular flexibility index (Phi) is 6.47. The van der Waals surface area contributed by atoms with Crippen LogP contribution in [0.1, 0.15) is 52.4 Å². The van der Waals surface area contributed by atoms with E-state index >= 15 is 0 Å². The van der Waals surface area contributed by atoms with E-state index in [1.807, 2.05) is 0 Å². The summed E-state index contributed by atoms with van der Waals surface area (Å²) in [5, 5.41) is 3.42. The van der Waals surface area contributed by atoms with E-state index in [1.165, 1.54) is 25.7 Å². The monoisotopic (exact) mass is 317 g/mol. The van der Waals surface area contributed by atoms with Gasteiger partial charge in [0.1, 0.15) is 0 Å². The van der Waals surface area contributed by atoms with Gasteiger partial charge in [-0.2, -0.15) is 12.7 Å². The van der Waals surface area contributed by atoms with Crippen molar-refractivity contribution in [3.05, 3.63) is 0 Å². The van der Waals surface area contributed by atoms with Crippen LogP contribution in [0.15, 0.2) is 0 Å². The van der Waals surface area contributed by atoms with Crippen molar-refractivity contribution in [3.63, 3.8) is 0 Å². The normalized spacial score (nSPS) is 25.8. The van der Waals surface area contributed by atoms with Gasteiger partial charge >= 0.3 is 0 Å².